The van der Waals surface area contributed by atoms with Gasteiger partial charge in [-0.05, 0) is 39.1 Å². The second-order valence-corrected chi connectivity index (χ2v) is 5.50. The van der Waals surface area contributed by atoms with E-state index in [2.05, 4.69) is 0 Å². The number of amides is 1. The molecule has 6 nitrogen and oxygen atoms in total. The van der Waals surface area contributed by atoms with E-state index in [9.17, 15) is 14.7 Å². The van der Waals surface area contributed by atoms with Crippen LogP contribution in [0.2, 0.25) is 0 Å². The molecule has 1 aromatic heterocycles. The average molecular weight is 279 g/mol. The minimum atomic E-state index is -0.931. The van der Waals surface area contributed by atoms with Gasteiger partial charge in [0.05, 0.1) is 0 Å². The Balaban J connectivity index is 2.20. The van der Waals surface area contributed by atoms with Crippen molar-refractivity contribution < 1.29 is 14.7 Å². The van der Waals surface area contributed by atoms with E-state index < -0.39 is 12.0 Å². The van der Waals surface area contributed by atoms with Crippen LogP contribution in [0.3, 0.4) is 0 Å². The van der Waals surface area contributed by atoms with Crippen LogP contribution in [0.4, 0.5) is 0 Å². The van der Waals surface area contributed by atoms with Gasteiger partial charge in [0.2, 0.25) is 0 Å². The van der Waals surface area contributed by atoms with E-state index in [1.54, 1.807) is 29.9 Å². The molecule has 0 unspecified atom stereocenters. The van der Waals surface area contributed by atoms with Crippen molar-refractivity contribution in [3.63, 3.8) is 0 Å². The third-order valence-electron chi connectivity index (χ3n) is 4.01. The first kappa shape index (κ1) is 14.6. The molecule has 0 aromatic carbocycles. The number of carbonyl (C=O) groups excluding carboxylic acids is 1. The van der Waals surface area contributed by atoms with E-state index >= 15 is 0 Å². The Labute approximate surface area is 118 Å². The van der Waals surface area contributed by atoms with Crippen LogP contribution < -0.4 is 0 Å². The van der Waals surface area contributed by atoms with E-state index in [1.165, 1.54) is 4.90 Å². The van der Waals surface area contributed by atoms with Gasteiger partial charge >= 0.3 is 5.97 Å². The lowest BCUT2D eigenvalue weighted by atomic mass is 9.96. The molecule has 0 saturated carbocycles. The first-order valence-electron chi connectivity index (χ1n) is 6.73. The minimum Gasteiger partial charge on any atom is -0.480 e. The van der Waals surface area contributed by atoms with Crippen molar-refractivity contribution in [2.45, 2.75) is 24.9 Å². The Bertz CT molecular complexity index is 510. The van der Waals surface area contributed by atoms with Crippen molar-refractivity contribution in [3.05, 3.63) is 24.0 Å². The number of aryl methyl sites for hydroxylation is 1. The Morgan fingerprint density at radius 2 is 2.10 bits per heavy atom. The van der Waals surface area contributed by atoms with Gasteiger partial charge in [0.15, 0.2) is 0 Å². The molecule has 0 aliphatic carbocycles. The van der Waals surface area contributed by atoms with Gasteiger partial charge in [-0.1, -0.05) is 0 Å². The lowest BCUT2D eigenvalue weighted by Crippen LogP contribution is -2.54. The van der Waals surface area contributed by atoms with Gasteiger partial charge in [-0.25, -0.2) is 4.79 Å². The molecule has 0 bridgehead atoms. The summed E-state index contributed by atoms with van der Waals surface area (Å²) >= 11 is 0. The Hall–Kier alpha value is -1.82. The van der Waals surface area contributed by atoms with Crippen LogP contribution in [-0.4, -0.2) is 64.1 Å². The van der Waals surface area contributed by atoms with Crippen molar-refractivity contribution >= 4 is 11.9 Å². The summed E-state index contributed by atoms with van der Waals surface area (Å²) in [6.45, 7) is 0.476. The molecular formula is C14H21N3O3. The number of nitrogens with zero attached hydrogens (tertiary/aromatic N) is 3. The molecular weight excluding hydrogens is 258 g/mol. The van der Waals surface area contributed by atoms with Gasteiger partial charge in [-0.15, -0.1) is 0 Å². The van der Waals surface area contributed by atoms with E-state index in [1.807, 2.05) is 19.0 Å². The molecule has 2 heterocycles. The molecule has 6 heteroatoms. The molecule has 1 aliphatic rings. The van der Waals surface area contributed by atoms with Crippen molar-refractivity contribution in [3.8, 4) is 0 Å². The van der Waals surface area contributed by atoms with Crippen LogP contribution >= 0.6 is 0 Å². The first-order chi connectivity index (χ1) is 9.41. The van der Waals surface area contributed by atoms with Crippen LogP contribution in [0.5, 0.6) is 0 Å². The fourth-order valence-corrected chi connectivity index (χ4v) is 2.72. The lowest BCUT2D eigenvalue weighted by Gasteiger charge is -2.39. The molecule has 110 valence electrons. The molecule has 2 atom stereocenters. The number of rotatable bonds is 3. The second kappa shape index (κ2) is 5.66. The largest absolute Gasteiger partial charge is 0.480 e. The number of hydrogen-bond acceptors (Lipinski definition) is 3. The molecule has 1 aliphatic heterocycles. The number of carbonyl (C=O) groups is 2. The van der Waals surface area contributed by atoms with Crippen LogP contribution in [0.1, 0.15) is 23.3 Å². The highest BCUT2D eigenvalue weighted by molar-refractivity contribution is 5.95. The molecule has 1 aromatic rings. The maximum atomic E-state index is 12.5. The summed E-state index contributed by atoms with van der Waals surface area (Å²) < 4.78 is 1.72. The molecule has 20 heavy (non-hydrogen) atoms. The maximum Gasteiger partial charge on any atom is 0.326 e. The summed E-state index contributed by atoms with van der Waals surface area (Å²) in [6.07, 6.45) is 3.06. The predicted octanol–water partition coefficient (Wildman–Crippen LogP) is 0.644. The topological polar surface area (TPSA) is 65.8 Å². The number of piperidine rings is 1. The smallest absolute Gasteiger partial charge is 0.326 e. The van der Waals surface area contributed by atoms with E-state index in [0.29, 0.717) is 18.7 Å². The molecule has 1 fully saturated rings. The van der Waals surface area contributed by atoms with Gasteiger partial charge in [0, 0.05) is 25.8 Å². The summed E-state index contributed by atoms with van der Waals surface area (Å²) in [5.41, 5.74) is 0.527. The van der Waals surface area contributed by atoms with Crippen molar-refractivity contribution in [2.24, 2.45) is 7.05 Å². The Kier molecular flexibility index (Phi) is 4.13. The first-order valence-corrected chi connectivity index (χ1v) is 6.73. The normalized spacial score (nSPS) is 23.1. The van der Waals surface area contributed by atoms with E-state index in [-0.39, 0.29) is 11.9 Å². The molecule has 0 radical (unpaired) electrons. The van der Waals surface area contributed by atoms with Crippen LogP contribution in [-0.2, 0) is 11.8 Å². The average Bonchev–Trinajstić information content (AvgIpc) is 2.83. The highest BCUT2D eigenvalue weighted by Crippen LogP contribution is 2.23. The standard InChI is InChI=1S/C14H21N3O3/c1-15(2)10-6-8-17(12(9-10)14(19)20)13(18)11-5-4-7-16(11)3/h4-5,7,10,12H,6,8-9H2,1-3H3,(H,19,20)/t10-,12+/m1/s1. The zero-order valence-corrected chi connectivity index (χ0v) is 12.1. The van der Waals surface area contributed by atoms with E-state index in [4.69, 9.17) is 0 Å². The van der Waals surface area contributed by atoms with Crippen LogP contribution in [0.15, 0.2) is 18.3 Å². The fourth-order valence-electron chi connectivity index (χ4n) is 2.72. The lowest BCUT2D eigenvalue weighted by molar-refractivity contribution is -0.144. The van der Waals surface area contributed by atoms with Gasteiger partial charge in [0.25, 0.3) is 5.91 Å². The van der Waals surface area contributed by atoms with E-state index in [0.717, 1.165) is 6.42 Å². The Morgan fingerprint density at radius 3 is 2.60 bits per heavy atom. The zero-order chi connectivity index (χ0) is 14.9. The summed E-state index contributed by atoms with van der Waals surface area (Å²) in [5.74, 6) is -1.14. The van der Waals surface area contributed by atoms with Gasteiger partial charge < -0.3 is 19.5 Å². The maximum absolute atomic E-state index is 12.5. The molecule has 1 N–H and O–H groups in total. The quantitative estimate of drug-likeness (QED) is 0.882. The summed E-state index contributed by atoms with van der Waals surface area (Å²) in [7, 11) is 5.67. The zero-order valence-electron chi connectivity index (χ0n) is 12.1. The summed E-state index contributed by atoms with van der Waals surface area (Å²) in [5, 5.41) is 9.40. The Morgan fingerprint density at radius 1 is 1.40 bits per heavy atom. The minimum absolute atomic E-state index is 0.202. The van der Waals surface area contributed by atoms with Gasteiger partial charge in [-0.3, -0.25) is 4.79 Å². The third kappa shape index (κ3) is 2.70. The van der Waals surface area contributed by atoms with Crippen molar-refractivity contribution in [1.29, 1.82) is 0 Å². The number of aromatic nitrogens is 1. The highest BCUT2D eigenvalue weighted by Gasteiger charge is 2.37. The summed E-state index contributed by atoms with van der Waals surface area (Å²) in [4.78, 5) is 27.5. The van der Waals surface area contributed by atoms with Crippen LogP contribution in [0, 0.1) is 0 Å². The number of aliphatic carboxylic acids is 1. The number of hydrogen-bond donors (Lipinski definition) is 1. The highest BCUT2D eigenvalue weighted by atomic mass is 16.4. The number of likely N-dealkylation sites (tertiary alicyclic amines) is 1. The number of carboxylic acid groups (broad SMARTS) is 1. The van der Waals surface area contributed by atoms with Crippen LogP contribution in [0.25, 0.3) is 0 Å². The fraction of sp³-hybridized carbons (Fsp3) is 0.571. The summed E-state index contributed by atoms with van der Waals surface area (Å²) in [6, 6.07) is 2.96. The predicted molar refractivity (Wildman–Crippen MR) is 74.6 cm³/mol. The van der Waals surface area contributed by atoms with Gasteiger partial charge in [0.1, 0.15) is 11.7 Å². The second-order valence-electron chi connectivity index (χ2n) is 5.50. The van der Waals surface area contributed by atoms with Crippen molar-refractivity contribution in [1.82, 2.24) is 14.4 Å². The SMILES string of the molecule is CN(C)[C@@H]1CCN(C(=O)c2cccn2C)[C@H](C(=O)O)C1. The van der Waals surface area contributed by atoms with Crippen molar-refractivity contribution in [2.75, 3.05) is 20.6 Å². The monoisotopic (exact) mass is 279 g/mol. The third-order valence-corrected chi connectivity index (χ3v) is 4.01. The van der Waals surface area contributed by atoms with Gasteiger partial charge in [-0.2, -0.15) is 0 Å². The molecule has 2 rings (SSSR count). The molecule has 0 spiro atoms. The number of carboxylic acids is 1. The molecule has 1 saturated heterocycles. The molecule has 1 amide bonds.